The van der Waals surface area contributed by atoms with Crippen molar-refractivity contribution in [2.24, 2.45) is 5.90 Å². The molecule has 88 valence electrons. The number of nitrogens with two attached hydrogens (primary N) is 1. The maximum absolute atomic E-state index is 11.3. The highest BCUT2D eigenvalue weighted by atomic mass is 32.2. The van der Waals surface area contributed by atoms with E-state index in [1.54, 1.807) is 12.1 Å². The molecular weight excluding hydrogens is 226 g/mol. The minimum atomic E-state index is -3.11. The molecule has 0 radical (unpaired) electrons. The third kappa shape index (κ3) is 2.11. The standard InChI is InChI=1S/C11H15NO3S/c1-16(13,14)10-4-2-9(3-5-10)11(6-7-11)8-15-12/h2-5H,6-8,12H2,1H3. The van der Waals surface area contributed by atoms with Gasteiger partial charge in [0.1, 0.15) is 0 Å². The zero-order valence-electron chi connectivity index (χ0n) is 9.14. The summed E-state index contributed by atoms with van der Waals surface area (Å²) in [4.78, 5) is 5.05. The second kappa shape index (κ2) is 3.84. The molecule has 4 nitrogen and oxygen atoms in total. The highest BCUT2D eigenvalue weighted by Crippen LogP contribution is 2.48. The van der Waals surface area contributed by atoms with Crippen molar-refractivity contribution in [2.75, 3.05) is 12.9 Å². The highest BCUT2D eigenvalue weighted by Gasteiger charge is 2.44. The van der Waals surface area contributed by atoms with E-state index in [2.05, 4.69) is 0 Å². The lowest BCUT2D eigenvalue weighted by molar-refractivity contribution is 0.116. The van der Waals surface area contributed by atoms with Crippen LogP contribution in [0.4, 0.5) is 0 Å². The minimum Gasteiger partial charge on any atom is -0.304 e. The predicted molar refractivity (Wildman–Crippen MR) is 60.6 cm³/mol. The molecule has 5 heteroatoms. The fourth-order valence-corrected chi connectivity index (χ4v) is 2.51. The van der Waals surface area contributed by atoms with Crippen LogP contribution in [-0.2, 0) is 20.1 Å². The van der Waals surface area contributed by atoms with Crippen molar-refractivity contribution >= 4 is 9.84 Å². The van der Waals surface area contributed by atoms with Gasteiger partial charge in [-0.15, -0.1) is 0 Å². The fraction of sp³-hybridized carbons (Fsp3) is 0.455. The summed E-state index contributed by atoms with van der Waals surface area (Å²) in [5.74, 6) is 5.10. The molecule has 0 amide bonds. The molecular formula is C11H15NO3S. The summed E-state index contributed by atoms with van der Waals surface area (Å²) < 4.78 is 22.6. The van der Waals surface area contributed by atoms with Gasteiger partial charge in [-0.05, 0) is 30.5 Å². The summed E-state index contributed by atoms with van der Waals surface area (Å²) in [6.45, 7) is 0.491. The number of benzene rings is 1. The Bertz CT molecular complexity index is 474. The van der Waals surface area contributed by atoms with Crippen molar-refractivity contribution in [3.8, 4) is 0 Å². The van der Waals surface area contributed by atoms with Crippen LogP contribution in [-0.4, -0.2) is 21.3 Å². The van der Waals surface area contributed by atoms with Crippen molar-refractivity contribution in [1.29, 1.82) is 0 Å². The zero-order valence-corrected chi connectivity index (χ0v) is 9.96. The van der Waals surface area contributed by atoms with Crippen LogP contribution in [0, 0.1) is 0 Å². The monoisotopic (exact) mass is 241 g/mol. The van der Waals surface area contributed by atoms with E-state index in [1.165, 1.54) is 6.26 Å². The first-order valence-electron chi connectivity index (χ1n) is 5.10. The average molecular weight is 241 g/mol. The minimum absolute atomic E-state index is 0.0186. The van der Waals surface area contributed by atoms with E-state index in [4.69, 9.17) is 10.7 Å². The van der Waals surface area contributed by atoms with Crippen molar-refractivity contribution in [3.63, 3.8) is 0 Å². The summed E-state index contributed by atoms with van der Waals surface area (Å²) in [7, 11) is -3.11. The van der Waals surface area contributed by atoms with Crippen molar-refractivity contribution in [1.82, 2.24) is 0 Å². The van der Waals surface area contributed by atoms with Gasteiger partial charge in [0, 0.05) is 11.7 Å². The molecule has 2 N–H and O–H groups in total. The van der Waals surface area contributed by atoms with Gasteiger partial charge >= 0.3 is 0 Å². The molecule has 1 aliphatic carbocycles. The van der Waals surface area contributed by atoms with Crippen LogP contribution in [0.2, 0.25) is 0 Å². The van der Waals surface area contributed by atoms with Crippen molar-refractivity contribution in [3.05, 3.63) is 29.8 Å². The van der Waals surface area contributed by atoms with E-state index >= 15 is 0 Å². The Hall–Kier alpha value is -0.910. The van der Waals surface area contributed by atoms with Crippen LogP contribution in [0.3, 0.4) is 0 Å². The predicted octanol–water partition coefficient (Wildman–Crippen LogP) is 1.01. The molecule has 0 aromatic heterocycles. The van der Waals surface area contributed by atoms with Gasteiger partial charge in [0.15, 0.2) is 9.84 Å². The highest BCUT2D eigenvalue weighted by molar-refractivity contribution is 7.90. The second-order valence-corrected chi connectivity index (χ2v) is 6.40. The number of sulfone groups is 1. The summed E-state index contributed by atoms with van der Waals surface area (Å²) >= 11 is 0. The van der Waals surface area contributed by atoms with E-state index in [1.807, 2.05) is 12.1 Å². The molecule has 0 spiro atoms. The smallest absolute Gasteiger partial charge is 0.175 e. The Morgan fingerprint density at radius 2 is 1.88 bits per heavy atom. The molecule has 0 bridgehead atoms. The van der Waals surface area contributed by atoms with Crippen LogP contribution in [0.1, 0.15) is 18.4 Å². The first-order chi connectivity index (χ1) is 7.48. The average Bonchev–Trinajstić information content (AvgIpc) is 2.99. The molecule has 0 aliphatic heterocycles. The summed E-state index contributed by atoms with van der Waals surface area (Å²) in [6, 6.07) is 6.98. The summed E-state index contributed by atoms with van der Waals surface area (Å²) in [5.41, 5.74) is 1.12. The Morgan fingerprint density at radius 3 is 2.25 bits per heavy atom. The Labute approximate surface area is 95.3 Å². The van der Waals surface area contributed by atoms with Gasteiger partial charge in [0.25, 0.3) is 0 Å². The Morgan fingerprint density at radius 1 is 1.31 bits per heavy atom. The van der Waals surface area contributed by atoms with E-state index in [-0.39, 0.29) is 5.41 Å². The van der Waals surface area contributed by atoms with E-state index < -0.39 is 9.84 Å². The first-order valence-corrected chi connectivity index (χ1v) is 6.99. The molecule has 1 fully saturated rings. The molecule has 0 atom stereocenters. The Balaban J connectivity index is 2.27. The van der Waals surface area contributed by atoms with Crippen LogP contribution in [0.25, 0.3) is 0 Å². The second-order valence-electron chi connectivity index (χ2n) is 4.39. The maximum atomic E-state index is 11.3. The van der Waals surface area contributed by atoms with Crippen molar-refractivity contribution < 1.29 is 13.3 Å². The normalized spacial score (nSPS) is 18.4. The van der Waals surface area contributed by atoms with E-state index in [0.717, 1.165) is 18.4 Å². The maximum Gasteiger partial charge on any atom is 0.175 e. The van der Waals surface area contributed by atoms with Gasteiger partial charge in [0.2, 0.25) is 0 Å². The van der Waals surface area contributed by atoms with Gasteiger partial charge < -0.3 is 4.84 Å². The molecule has 0 heterocycles. The van der Waals surface area contributed by atoms with Gasteiger partial charge in [-0.3, -0.25) is 0 Å². The molecule has 16 heavy (non-hydrogen) atoms. The molecule has 0 unspecified atom stereocenters. The fourth-order valence-electron chi connectivity index (χ4n) is 1.88. The number of hydrogen-bond donors (Lipinski definition) is 1. The van der Waals surface area contributed by atoms with Crippen molar-refractivity contribution in [2.45, 2.75) is 23.2 Å². The summed E-state index contributed by atoms with van der Waals surface area (Å²) in [6.07, 6.45) is 3.29. The zero-order chi connectivity index (χ0) is 11.8. The lowest BCUT2D eigenvalue weighted by atomic mass is 9.97. The molecule has 2 rings (SSSR count). The number of hydrogen-bond acceptors (Lipinski definition) is 4. The summed E-state index contributed by atoms with van der Waals surface area (Å²) in [5, 5.41) is 0. The lowest BCUT2D eigenvalue weighted by Crippen LogP contribution is -2.18. The molecule has 0 saturated heterocycles. The SMILES string of the molecule is CS(=O)(=O)c1ccc(C2(CON)CC2)cc1. The number of rotatable bonds is 4. The van der Waals surface area contributed by atoms with Gasteiger partial charge in [-0.25, -0.2) is 14.3 Å². The topological polar surface area (TPSA) is 69.4 Å². The van der Waals surface area contributed by atoms with Gasteiger partial charge in [0.05, 0.1) is 11.5 Å². The van der Waals surface area contributed by atoms with Crippen LogP contribution >= 0.6 is 0 Å². The molecule has 1 aliphatic rings. The van der Waals surface area contributed by atoms with Gasteiger partial charge in [-0.1, -0.05) is 12.1 Å². The lowest BCUT2D eigenvalue weighted by Gasteiger charge is -2.14. The largest absolute Gasteiger partial charge is 0.304 e. The van der Waals surface area contributed by atoms with Crippen LogP contribution in [0.15, 0.2) is 29.2 Å². The molecule has 1 aromatic carbocycles. The van der Waals surface area contributed by atoms with Gasteiger partial charge in [-0.2, -0.15) is 0 Å². The molecule has 1 aromatic rings. The van der Waals surface area contributed by atoms with Crippen LogP contribution < -0.4 is 5.90 Å². The Kier molecular flexibility index (Phi) is 2.77. The first kappa shape index (κ1) is 11.6. The van der Waals surface area contributed by atoms with E-state index in [0.29, 0.717) is 11.5 Å². The van der Waals surface area contributed by atoms with Crippen LogP contribution in [0.5, 0.6) is 0 Å². The van der Waals surface area contributed by atoms with E-state index in [9.17, 15) is 8.42 Å². The third-order valence-electron chi connectivity index (χ3n) is 3.11. The molecule has 1 saturated carbocycles. The quantitative estimate of drug-likeness (QED) is 0.799. The third-order valence-corrected chi connectivity index (χ3v) is 4.24.